The topological polar surface area (TPSA) is 105 Å². The van der Waals surface area contributed by atoms with Crippen molar-refractivity contribution in [2.24, 2.45) is 0 Å². The molecule has 1 aliphatic heterocycles. The predicted octanol–water partition coefficient (Wildman–Crippen LogP) is 2.79. The monoisotopic (exact) mass is 472 g/mol. The number of esters is 1. The zero-order valence-electron chi connectivity index (χ0n) is 17.2. The molecule has 1 aromatic carbocycles. The Morgan fingerprint density at radius 2 is 1.97 bits per heavy atom. The van der Waals surface area contributed by atoms with Crippen molar-refractivity contribution >= 4 is 34.4 Å². The van der Waals surface area contributed by atoms with E-state index in [1.807, 2.05) is 45.0 Å². The number of hydrogen-bond donors (Lipinski definition) is 2. The maximum Gasteiger partial charge on any atom is 0.410 e. The third-order valence-electron chi connectivity index (χ3n) is 3.96. The Balaban J connectivity index is 0.000000296. The minimum absolute atomic E-state index is 0.122. The minimum atomic E-state index is -0.454. The maximum absolute atomic E-state index is 11.4. The van der Waals surface area contributed by atoms with Gasteiger partial charge in [-0.3, -0.25) is 9.59 Å². The lowest BCUT2D eigenvalue weighted by atomic mass is 10.0. The van der Waals surface area contributed by atoms with E-state index in [9.17, 15) is 19.5 Å². The number of halogens is 1. The Kier molecular flexibility index (Phi) is 10.1. The summed E-state index contributed by atoms with van der Waals surface area (Å²) in [5.41, 5.74) is 0.408. The first kappa shape index (κ1) is 24.9. The molecule has 9 heteroatoms. The number of methoxy groups -OCH3 is 1. The highest BCUT2D eigenvalue weighted by atomic mass is 79.9. The molecule has 2 atom stereocenters. The van der Waals surface area contributed by atoms with E-state index in [1.165, 1.54) is 12.0 Å². The molecule has 1 heterocycles. The molecule has 2 unspecified atom stereocenters. The third-order valence-corrected chi connectivity index (χ3v) is 4.48. The number of carbonyl (C=O) groups excluding carboxylic acids is 3. The summed E-state index contributed by atoms with van der Waals surface area (Å²) < 4.78 is 10.7. The van der Waals surface area contributed by atoms with Crippen LogP contribution in [0.4, 0.5) is 4.79 Å². The molecule has 0 saturated carbocycles. The molecule has 8 nitrogen and oxygen atoms in total. The number of benzene rings is 1. The number of rotatable bonds is 5. The normalized spacial score (nSPS) is 16.9. The predicted molar refractivity (Wildman–Crippen MR) is 111 cm³/mol. The van der Waals surface area contributed by atoms with E-state index in [0.29, 0.717) is 25.9 Å². The smallest absolute Gasteiger partial charge is 0.410 e. The number of aliphatic hydroxyl groups excluding tert-OH is 1. The lowest BCUT2D eigenvalue weighted by molar-refractivity contribution is -0.141. The van der Waals surface area contributed by atoms with Gasteiger partial charge in [0.1, 0.15) is 5.60 Å². The minimum Gasteiger partial charge on any atom is -0.469 e. The van der Waals surface area contributed by atoms with Crippen LogP contribution in [0.1, 0.15) is 45.2 Å². The molecular formula is C20H29BrN2O6. The zero-order valence-corrected chi connectivity index (χ0v) is 18.8. The molecule has 2 rings (SSSR count). The van der Waals surface area contributed by atoms with Crippen molar-refractivity contribution in [2.75, 3.05) is 20.2 Å². The van der Waals surface area contributed by atoms with E-state index >= 15 is 0 Å². The van der Waals surface area contributed by atoms with Gasteiger partial charge in [-0.2, -0.15) is 0 Å². The third kappa shape index (κ3) is 9.76. The molecule has 1 aromatic rings. The van der Waals surface area contributed by atoms with E-state index in [4.69, 9.17) is 4.74 Å². The summed E-state index contributed by atoms with van der Waals surface area (Å²) in [5.74, 6) is -0.359. The average Bonchev–Trinajstić information content (AvgIpc) is 3.08. The van der Waals surface area contributed by atoms with E-state index in [-0.39, 0.29) is 30.6 Å². The Morgan fingerprint density at radius 1 is 1.34 bits per heavy atom. The van der Waals surface area contributed by atoms with E-state index in [2.05, 4.69) is 26.0 Å². The number of nitrogens with one attached hydrogen (secondary N) is 1. The van der Waals surface area contributed by atoms with Gasteiger partial charge < -0.3 is 24.8 Å². The van der Waals surface area contributed by atoms with Crippen molar-refractivity contribution in [3.63, 3.8) is 0 Å². The summed E-state index contributed by atoms with van der Waals surface area (Å²) in [6.45, 7) is 6.48. The van der Waals surface area contributed by atoms with Crippen LogP contribution >= 0.6 is 15.9 Å². The van der Waals surface area contributed by atoms with Gasteiger partial charge in [0, 0.05) is 17.6 Å². The average molecular weight is 473 g/mol. The van der Waals surface area contributed by atoms with Crippen LogP contribution < -0.4 is 5.32 Å². The van der Waals surface area contributed by atoms with Crippen molar-refractivity contribution in [2.45, 2.75) is 51.4 Å². The first-order valence-corrected chi connectivity index (χ1v) is 10.0. The second kappa shape index (κ2) is 11.8. The fourth-order valence-electron chi connectivity index (χ4n) is 2.53. The fraction of sp³-hybridized carbons (Fsp3) is 0.550. The van der Waals surface area contributed by atoms with Gasteiger partial charge in [-0.15, -0.1) is 0 Å². The number of ether oxygens (including phenoxy) is 2. The molecule has 2 N–H and O–H groups in total. The Hall–Kier alpha value is -2.13. The summed E-state index contributed by atoms with van der Waals surface area (Å²) in [6, 6.07) is 7.04. The number of β-amino-alcohol motifs (C(OH)–C–C–N with tert-alkyl or cyclic N) is 1. The first-order chi connectivity index (χ1) is 13.6. The molecule has 162 valence electrons. The lowest BCUT2D eigenvalue weighted by Crippen LogP contribution is -2.35. The molecule has 1 aliphatic rings. The molecule has 0 aliphatic carbocycles. The summed E-state index contributed by atoms with van der Waals surface area (Å²) in [4.78, 5) is 34.5. The number of nitrogens with zero attached hydrogens (tertiary/aromatic N) is 1. The van der Waals surface area contributed by atoms with Crippen LogP contribution in [0.25, 0.3) is 0 Å². The number of amides is 2. The van der Waals surface area contributed by atoms with Crippen LogP contribution in [0.5, 0.6) is 0 Å². The van der Waals surface area contributed by atoms with Crippen molar-refractivity contribution in [3.8, 4) is 0 Å². The molecule has 29 heavy (non-hydrogen) atoms. The van der Waals surface area contributed by atoms with E-state index < -0.39 is 5.60 Å². The number of carbonyl (C=O) groups is 3. The van der Waals surface area contributed by atoms with Gasteiger partial charge in [0.2, 0.25) is 6.41 Å². The Labute approximate surface area is 179 Å². The van der Waals surface area contributed by atoms with Crippen molar-refractivity contribution in [3.05, 3.63) is 34.3 Å². The molecule has 0 radical (unpaired) electrons. The molecule has 1 saturated heterocycles. The molecule has 1 fully saturated rings. The van der Waals surface area contributed by atoms with Gasteiger partial charge in [0.25, 0.3) is 0 Å². The highest BCUT2D eigenvalue weighted by Gasteiger charge is 2.28. The number of aliphatic hydroxyl groups is 1. The quantitative estimate of drug-likeness (QED) is 0.504. The van der Waals surface area contributed by atoms with Crippen molar-refractivity contribution < 1.29 is 29.0 Å². The molecule has 0 aromatic heterocycles. The van der Waals surface area contributed by atoms with Gasteiger partial charge in [0.15, 0.2) is 0 Å². The Morgan fingerprint density at radius 3 is 2.41 bits per heavy atom. The first-order valence-electron chi connectivity index (χ1n) is 9.23. The van der Waals surface area contributed by atoms with Crippen molar-refractivity contribution in [1.82, 2.24) is 10.2 Å². The number of likely N-dealkylation sites (tertiary alicyclic amines) is 1. The molecule has 2 amide bonds. The second-order valence-electron chi connectivity index (χ2n) is 7.54. The Bertz CT molecular complexity index is 675. The summed E-state index contributed by atoms with van der Waals surface area (Å²) in [6.07, 6.45) is 0.641. The highest BCUT2D eigenvalue weighted by Crippen LogP contribution is 2.19. The SMILES string of the molecule is CC(C)(C)OC(=O)N1CCC(O)C1.COC(=O)CC(NC=O)c1ccc(Br)cc1. The number of hydrogen-bond acceptors (Lipinski definition) is 6. The van der Waals surface area contributed by atoms with Crippen LogP contribution in [-0.4, -0.2) is 60.4 Å². The summed E-state index contributed by atoms with van der Waals surface area (Å²) in [7, 11) is 1.32. The van der Waals surface area contributed by atoms with Crippen LogP contribution in [0.3, 0.4) is 0 Å². The molecular weight excluding hydrogens is 444 g/mol. The summed E-state index contributed by atoms with van der Waals surface area (Å²) in [5, 5.41) is 11.8. The summed E-state index contributed by atoms with van der Waals surface area (Å²) >= 11 is 3.32. The fourth-order valence-corrected chi connectivity index (χ4v) is 2.80. The van der Waals surface area contributed by atoms with E-state index in [0.717, 1.165) is 10.0 Å². The van der Waals surface area contributed by atoms with Gasteiger partial charge in [-0.05, 0) is 44.9 Å². The van der Waals surface area contributed by atoms with Crippen LogP contribution in [0, 0.1) is 0 Å². The maximum atomic E-state index is 11.4. The van der Waals surface area contributed by atoms with Crippen LogP contribution in [-0.2, 0) is 19.1 Å². The van der Waals surface area contributed by atoms with Gasteiger partial charge in [-0.25, -0.2) is 4.79 Å². The van der Waals surface area contributed by atoms with Gasteiger partial charge in [0.05, 0.1) is 25.7 Å². The van der Waals surface area contributed by atoms with Gasteiger partial charge >= 0.3 is 12.1 Å². The molecule has 0 bridgehead atoms. The molecule has 0 spiro atoms. The van der Waals surface area contributed by atoms with Gasteiger partial charge in [-0.1, -0.05) is 28.1 Å². The van der Waals surface area contributed by atoms with Crippen LogP contribution in [0.15, 0.2) is 28.7 Å². The van der Waals surface area contributed by atoms with Crippen molar-refractivity contribution in [1.29, 1.82) is 0 Å². The largest absolute Gasteiger partial charge is 0.469 e. The zero-order chi connectivity index (χ0) is 22.0. The van der Waals surface area contributed by atoms with E-state index in [1.54, 1.807) is 0 Å². The van der Waals surface area contributed by atoms with Crippen LogP contribution in [0.2, 0.25) is 0 Å². The lowest BCUT2D eigenvalue weighted by Gasteiger charge is -2.24. The highest BCUT2D eigenvalue weighted by molar-refractivity contribution is 9.10. The standard InChI is InChI=1S/C11H12BrNO3.C9H17NO3/c1-16-11(15)6-10(13-7-14)8-2-4-9(12)5-3-8;1-9(2,3)13-8(12)10-5-4-7(11)6-10/h2-5,7,10H,6H2,1H3,(H,13,14);7,11H,4-6H2,1-3H3. The second-order valence-corrected chi connectivity index (χ2v) is 8.45.